The van der Waals surface area contributed by atoms with Crippen molar-refractivity contribution in [3.63, 3.8) is 0 Å². The lowest BCUT2D eigenvalue weighted by atomic mass is 9.97. The summed E-state index contributed by atoms with van der Waals surface area (Å²) in [7, 11) is 0. The monoisotopic (exact) mass is 375 g/mol. The lowest BCUT2D eigenvalue weighted by molar-refractivity contribution is -0.142. The van der Waals surface area contributed by atoms with Gasteiger partial charge >= 0.3 is 0 Å². The van der Waals surface area contributed by atoms with E-state index in [9.17, 15) is 18.8 Å². The van der Waals surface area contributed by atoms with Crippen molar-refractivity contribution in [2.45, 2.75) is 32.1 Å². The molecule has 2 heterocycles. The molecule has 0 aliphatic carbocycles. The second-order valence-corrected chi connectivity index (χ2v) is 7.34. The zero-order valence-corrected chi connectivity index (χ0v) is 15.5. The van der Waals surface area contributed by atoms with E-state index in [0.29, 0.717) is 38.2 Å². The first-order valence-corrected chi connectivity index (χ1v) is 9.62. The van der Waals surface area contributed by atoms with Crippen molar-refractivity contribution < 1.29 is 18.8 Å². The van der Waals surface area contributed by atoms with E-state index >= 15 is 0 Å². The molecule has 0 unspecified atom stereocenters. The third kappa shape index (κ3) is 5.28. The summed E-state index contributed by atoms with van der Waals surface area (Å²) in [4.78, 5) is 40.1. The number of likely N-dealkylation sites (tertiary alicyclic amines) is 2. The first-order valence-electron chi connectivity index (χ1n) is 9.62. The minimum atomic E-state index is -0.375. The average molecular weight is 375 g/mol. The number of rotatable bonds is 5. The highest BCUT2D eigenvalue weighted by Crippen LogP contribution is 2.17. The Balaban J connectivity index is 1.47. The Labute approximate surface area is 158 Å². The van der Waals surface area contributed by atoms with Crippen LogP contribution in [0.15, 0.2) is 24.3 Å². The van der Waals surface area contributed by atoms with Crippen LogP contribution in [-0.2, 0) is 9.59 Å². The fraction of sp³-hybridized carbons (Fsp3) is 0.550. The molecule has 1 aromatic carbocycles. The number of carbonyl (C=O) groups is 3. The van der Waals surface area contributed by atoms with Crippen LogP contribution in [0.3, 0.4) is 0 Å². The smallest absolute Gasteiger partial charge is 0.251 e. The van der Waals surface area contributed by atoms with Crippen LogP contribution < -0.4 is 5.32 Å². The van der Waals surface area contributed by atoms with Gasteiger partial charge in [-0.25, -0.2) is 4.39 Å². The maximum atomic E-state index is 12.9. The third-order valence-electron chi connectivity index (χ3n) is 5.28. The summed E-state index contributed by atoms with van der Waals surface area (Å²) in [6.07, 6.45) is 4.22. The standard InChI is InChI=1S/C20H26FN3O3/c21-17-8-6-16(7-9-17)20(27)22-12-15-4-3-11-23(13-15)19(26)14-24-10-2-1-5-18(24)25/h6-9,15H,1-5,10-14H2,(H,22,27)/t15-/m1/s1. The van der Waals surface area contributed by atoms with Crippen LogP contribution in [0.5, 0.6) is 0 Å². The highest BCUT2D eigenvalue weighted by molar-refractivity contribution is 5.94. The van der Waals surface area contributed by atoms with E-state index in [1.54, 1.807) is 9.80 Å². The van der Waals surface area contributed by atoms with Crippen molar-refractivity contribution in [2.75, 3.05) is 32.7 Å². The van der Waals surface area contributed by atoms with Crippen molar-refractivity contribution in [2.24, 2.45) is 5.92 Å². The SMILES string of the molecule is O=C(NC[C@H]1CCCN(C(=O)CN2CCCCC2=O)C1)c1ccc(F)cc1. The molecule has 0 radical (unpaired) electrons. The third-order valence-corrected chi connectivity index (χ3v) is 5.28. The molecule has 0 bridgehead atoms. The maximum Gasteiger partial charge on any atom is 0.251 e. The number of benzene rings is 1. The van der Waals surface area contributed by atoms with E-state index in [2.05, 4.69) is 5.32 Å². The summed E-state index contributed by atoms with van der Waals surface area (Å²) in [5, 5.41) is 2.87. The van der Waals surface area contributed by atoms with Gasteiger partial charge in [-0.15, -0.1) is 0 Å². The van der Waals surface area contributed by atoms with Gasteiger partial charge in [0, 0.05) is 38.2 Å². The van der Waals surface area contributed by atoms with Crippen LogP contribution in [0.4, 0.5) is 4.39 Å². The summed E-state index contributed by atoms with van der Waals surface area (Å²) in [6, 6.07) is 5.43. The largest absolute Gasteiger partial charge is 0.352 e. The van der Waals surface area contributed by atoms with Crippen LogP contribution >= 0.6 is 0 Å². The summed E-state index contributed by atoms with van der Waals surface area (Å²) in [6.45, 7) is 2.58. The first kappa shape index (κ1) is 19.3. The predicted octanol–water partition coefficient (Wildman–Crippen LogP) is 1.81. The zero-order valence-electron chi connectivity index (χ0n) is 15.5. The van der Waals surface area contributed by atoms with Crippen molar-refractivity contribution in [3.8, 4) is 0 Å². The van der Waals surface area contributed by atoms with E-state index < -0.39 is 0 Å². The predicted molar refractivity (Wildman–Crippen MR) is 98.5 cm³/mol. The molecule has 146 valence electrons. The number of halogens is 1. The Hall–Kier alpha value is -2.44. The number of hydrogen-bond acceptors (Lipinski definition) is 3. The highest BCUT2D eigenvalue weighted by Gasteiger charge is 2.27. The van der Waals surface area contributed by atoms with Crippen molar-refractivity contribution in [1.82, 2.24) is 15.1 Å². The van der Waals surface area contributed by atoms with Gasteiger partial charge in [0.2, 0.25) is 11.8 Å². The van der Waals surface area contributed by atoms with Crippen LogP contribution in [0, 0.1) is 11.7 Å². The number of nitrogens with one attached hydrogen (secondary N) is 1. The molecule has 27 heavy (non-hydrogen) atoms. The van der Waals surface area contributed by atoms with Crippen LogP contribution in [0.2, 0.25) is 0 Å². The molecule has 1 atom stereocenters. The molecule has 2 saturated heterocycles. The lowest BCUT2D eigenvalue weighted by Gasteiger charge is -2.35. The molecule has 0 spiro atoms. The Kier molecular flexibility index (Phi) is 6.42. The number of hydrogen-bond donors (Lipinski definition) is 1. The van der Waals surface area contributed by atoms with Crippen LogP contribution in [0.1, 0.15) is 42.5 Å². The second kappa shape index (κ2) is 8.97. The van der Waals surface area contributed by atoms with Gasteiger partial charge in [-0.3, -0.25) is 14.4 Å². The van der Waals surface area contributed by atoms with Gasteiger partial charge in [-0.2, -0.15) is 0 Å². The molecule has 1 N–H and O–H groups in total. The van der Waals surface area contributed by atoms with Gasteiger partial charge in [-0.05, 0) is 55.9 Å². The second-order valence-electron chi connectivity index (χ2n) is 7.34. The molecule has 3 amide bonds. The number of amides is 3. The Morgan fingerprint density at radius 3 is 2.63 bits per heavy atom. The molecule has 2 aliphatic heterocycles. The van der Waals surface area contributed by atoms with Crippen molar-refractivity contribution in [1.29, 1.82) is 0 Å². The molecule has 0 saturated carbocycles. The van der Waals surface area contributed by atoms with E-state index in [0.717, 1.165) is 25.7 Å². The minimum absolute atomic E-state index is 0.0141. The lowest BCUT2D eigenvalue weighted by Crippen LogP contribution is -2.49. The van der Waals surface area contributed by atoms with Crippen molar-refractivity contribution >= 4 is 17.7 Å². The Bertz CT molecular complexity index is 692. The van der Waals surface area contributed by atoms with Crippen molar-refractivity contribution in [3.05, 3.63) is 35.6 Å². The van der Waals surface area contributed by atoms with E-state index in [4.69, 9.17) is 0 Å². The summed E-state index contributed by atoms with van der Waals surface area (Å²) in [5.41, 5.74) is 0.420. The zero-order chi connectivity index (χ0) is 19.2. The molecule has 1 aromatic rings. The Morgan fingerprint density at radius 1 is 1.11 bits per heavy atom. The molecule has 2 fully saturated rings. The molecule has 2 aliphatic rings. The molecule has 3 rings (SSSR count). The average Bonchev–Trinajstić information content (AvgIpc) is 2.68. The van der Waals surface area contributed by atoms with E-state index in [1.165, 1.54) is 24.3 Å². The Morgan fingerprint density at radius 2 is 1.89 bits per heavy atom. The fourth-order valence-electron chi connectivity index (χ4n) is 3.69. The molecule has 7 heteroatoms. The van der Waals surface area contributed by atoms with Gasteiger partial charge in [0.1, 0.15) is 5.82 Å². The fourth-order valence-corrected chi connectivity index (χ4v) is 3.69. The highest BCUT2D eigenvalue weighted by atomic mass is 19.1. The van der Waals surface area contributed by atoms with Crippen LogP contribution in [0.25, 0.3) is 0 Å². The van der Waals surface area contributed by atoms with Crippen LogP contribution in [-0.4, -0.2) is 60.2 Å². The van der Waals surface area contributed by atoms with Gasteiger partial charge in [0.15, 0.2) is 0 Å². The number of piperidine rings is 2. The number of carbonyl (C=O) groups excluding carboxylic acids is 3. The topological polar surface area (TPSA) is 69.7 Å². The maximum absolute atomic E-state index is 12.9. The summed E-state index contributed by atoms with van der Waals surface area (Å²) >= 11 is 0. The molecular weight excluding hydrogens is 349 g/mol. The first-order chi connectivity index (χ1) is 13.0. The van der Waals surface area contributed by atoms with Gasteiger partial charge < -0.3 is 15.1 Å². The van der Waals surface area contributed by atoms with Gasteiger partial charge in [-0.1, -0.05) is 0 Å². The summed E-state index contributed by atoms with van der Waals surface area (Å²) in [5.74, 6) is -0.378. The summed E-state index contributed by atoms with van der Waals surface area (Å²) < 4.78 is 12.9. The number of nitrogens with zero attached hydrogens (tertiary/aromatic N) is 2. The molecular formula is C20H26FN3O3. The van der Waals surface area contributed by atoms with Gasteiger partial charge in [0.05, 0.1) is 6.54 Å². The van der Waals surface area contributed by atoms with E-state index in [1.807, 2.05) is 0 Å². The minimum Gasteiger partial charge on any atom is -0.352 e. The molecule has 0 aromatic heterocycles. The molecule has 6 nitrogen and oxygen atoms in total. The van der Waals surface area contributed by atoms with Gasteiger partial charge in [0.25, 0.3) is 5.91 Å². The quantitative estimate of drug-likeness (QED) is 0.853. The normalized spacial score (nSPS) is 20.5. The van der Waals surface area contributed by atoms with E-state index in [-0.39, 0.29) is 36.0 Å².